The van der Waals surface area contributed by atoms with E-state index in [-0.39, 0.29) is 17.7 Å². The van der Waals surface area contributed by atoms with Crippen LogP contribution in [-0.4, -0.2) is 34.7 Å². The SMILES string of the molecule is CCNc1cc([N+](=O)[O-])cc(NCC2(CO)CCCC2)n1. The highest BCUT2D eigenvalue weighted by atomic mass is 16.6. The Kier molecular flexibility index (Phi) is 4.95. The molecule has 1 aromatic heterocycles. The van der Waals surface area contributed by atoms with Gasteiger partial charge in [-0.15, -0.1) is 0 Å². The molecule has 21 heavy (non-hydrogen) atoms. The largest absolute Gasteiger partial charge is 0.396 e. The van der Waals surface area contributed by atoms with Gasteiger partial charge in [0.25, 0.3) is 5.69 Å². The van der Waals surface area contributed by atoms with Crippen LogP contribution in [0.2, 0.25) is 0 Å². The highest BCUT2D eigenvalue weighted by Gasteiger charge is 2.33. The van der Waals surface area contributed by atoms with Crippen molar-refractivity contribution in [2.75, 3.05) is 30.3 Å². The number of aromatic nitrogens is 1. The molecule has 0 bridgehead atoms. The Bertz CT molecular complexity index is 501. The second kappa shape index (κ2) is 6.71. The third-order valence-corrected chi connectivity index (χ3v) is 4.02. The van der Waals surface area contributed by atoms with Crippen LogP contribution < -0.4 is 10.6 Å². The second-order valence-electron chi connectivity index (χ2n) is 5.60. The van der Waals surface area contributed by atoms with E-state index in [1.807, 2.05) is 6.92 Å². The van der Waals surface area contributed by atoms with Gasteiger partial charge in [-0.2, -0.15) is 0 Å². The molecule has 1 saturated carbocycles. The standard InChI is InChI=1S/C14H22N4O3/c1-2-15-12-7-11(18(20)21)8-13(17-12)16-9-14(10-19)5-3-4-6-14/h7-8,19H,2-6,9-10H2,1H3,(H2,15,16,17). The van der Waals surface area contributed by atoms with Gasteiger partial charge in [-0.05, 0) is 19.8 Å². The van der Waals surface area contributed by atoms with Crippen LogP contribution in [0, 0.1) is 15.5 Å². The van der Waals surface area contributed by atoms with Crippen molar-refractivity contribution in [1.29, 1.82) is 0 Å². The number of nitrogens with zero attached hydrogens (tertiary/aromatic N) is 2. The molecule has 0 amide bonds. The molecule has 0 spiro atoms. The Morgan fingerprint density at radius 1 is 1.33 bits per heavy atom. The average Bonchev–Trinajstić information content (AvgIpc) is 2.95. The molecule has 1 fully saturated rings. The first-order valence-electron chi connectivity index (χ1n) is 7.34. The fraction of sp³-hybridized carbons (Fsp3) is 0.643. The van der Waals surface area contributed by atoms with Crippen molar-refractivity contribution in [3.05, 3.63) is 22.2 Å². The van der Waals surface area contributed by atoms with Crippen molar-refractivity contribution in [3.63, 3.8) is 0 Å². The summed E-state index contributed by atoms with van der Waals surface area (Å²) >= 11 is 0. The lowest BCUT2D eigenvalue weighted by molar-refractivity contribution is -0.384. The number of pyridine rings is 1. The highest BCUT2D eigenvalue weighted by molar-refractivity contribution is 5.54. The van der Waals surface area contributed by atoms with Gasteiger partial charge in [0.1, 0.15) is 11.6 Å². The maximum Gasteiger partial charge on any atom is 0.276 e. The van der Waals surface area contributed by atoms with Gasteiger partial charge in [0.15, 0.2) is 0 Å². The van der Waals surface area contributed by atoms with E-state index in [0.717, 1.165) is 25.7 Å². The lowest BCUT2D eigenvalue weighted by Gasteiger charge is -2.26. The van der Waals surface area contributed by atoms with Crippen LogP contribution in [0.1, 0.15) is 32.6 Å². The minimum Gasteiger partial charge on any atom is -0.396 e. The molecule has 3 N–H and O–H groups in total. The minimum absolute atomic E-state index is 0.00733. The zero-order valence-electron chi connectivity index (χ0n) is 12.3. The van der Waals surface area contributed by atoms with Crippen LogP contribution in [0.15, 0.2) is 12.1 Å². The summed E-state index contributed by atoms with van der Waals surface area (Å²) in [4.78, 5) is 14.9. The van der Waals surface area contributed by atoms with E-state index in [4.69, 9.17) is 0 Å². The summed E-state index contributed by atoms with van der Waals surface area (Å²) in [5, 5.41) is 26.7. The lowest BCUT2D eigenvalue weighted by Crippen LogP contribution is -2.30. The van der Waals surface area contributed by atoms with Gasteiger partial charge in [-0.25, -0.2) is 4.98 Å². The van der Waals surface area contributed by atoms with Crippen molar-refractivity contribution in [1.82, 2.24) is 4.98 Å². The van der Waals surface area contributed by atoms with E-state index in [1.165, 1.54) is 12.1 Å². The second-order valence-corrected chi connectivity index (χ2v) is 5.60. The first kappa shape index (κ1) is 15.5. The summed E-state index contributed by atoms with van der Waals surface area (Å²) in [6.45, 7) is 3.28. The number of rotatable bonds is 7. The van der Waals surface area contributed by atoms with Crippen LogP contribution in [0.4, 0.5) is 17.3 Å². The van der Waals surface area contributed by atoms with Gasteiger partial charge < -0.3 is 15.7 Å². The van der Waals surface area contributed by atoms with Crippen molar-refractivity contribution < 1.29 is 10.0 Å². The Labute approximate surface area is 123 Å². The van der Waals surface area contributed by atoms with Gasteiger partial charge >= 0.3 is 0 Å². The molecule has 116 valence electrons. The van der Waals surface area contributed by atoms with Crippen LogP contribution in [0.3, 0.4) is 0 Å². The molecule has 0 aromatic carbocycles. The molecule has 7 heteroatoms. The zero-order valence-corrected chi connectivity index (χ0v) is 12.3. The quantitative estimate of drug-likeness (QED) is 0.527. The number of aliphatic hydroxyl groups excluding tert-OH is 1. The van der Waals surface area contributed by atoms with Crippen LogP contribution >= 0.6 is 0 Å². The predicted octanol–water partition coefficient (Wildman–Crippen LogP) is 2.39. The molecule has 0 saturated heterocycles. The summed E-state index contributed by atoms with van der Waals surface area (Å²) in [6.07, 6.45) is 4.19. The van der Waals surface area contributed by atoms with Crippen molar-refractivity contribution >= 4 is 17.3 Å². The Morgan fingerprint density at radius 2 is 1.95 bits per heavy atom. The maximum absolute atomic E-state index is 11.0. The smallest absolute Gasteiger partial charge is 0.276 e. The highest BCUT2D eigenvalue weighted by Crippen LogP contribution is 2.37. The molecule has 7 nitrogen and oxygen atoms in total. The summed E-state index contributed by atoms with van der Waals surface area (Å²) in [6, 6.07) is 2.85. The third-order valence-electron chi connectivity index (χ3n) is 4.02. The lowest BCUT2D eigenvalue weighted by atomic mass is 9.87. The predicted molar refractivity (Wildman–Crippen MR) is 81.5 cm³/mol. The summed E-state index contributed by atoms with van der Waals surface area (Å²) < 4.78 is 0. The Morgan fingerprint density at radius 3 is 2.48 bits per heavy atom. The van der Waals surface area contributed by atoms with Gasteiger partial charge in [0, 0.05) is 18.5 Å². The van der Waals surface area contributed by atoms with E-state index < -0.39 is 4.92 Å². The van der Waals surface area contributed by atoms with Crippen LogP contribution in [0.5, 0.6) is 0 Å². The third kappa shape index (κ3) is 3.81. The molecule has 2 rings (SSSR count). The van der Waals surface area contributed by atoms with Gasteiger partial charge in [-0.3, -0.25) is 10.1 Å². The molecule has 0 aliphatic heterocycles. The molecule has 0 radical (unpaired) electrons. The fourth-order valence-corrected chi connectivity index (χ4v) is 2.78. The number of aliphatic hydroxyl groups is 1. The molecular weight excluding hydrogens is 272 g/mol. The van der Waals surface area contributed by atoms with Crippen molar-refractivity contribution in [2.45, 2.75) is 32.6 Å². The number of nitrogens with one attached hydrogen (secondary N) is 2. The summed E-state index contributed by atoms with van der Waals surface area (Å²) in [5.74, 6) is 0.957. The Balaban J connectivity index is 2.12. The monoisotopic (exact) mass is 294 g/mol. The zero-order chi connectivity index (χ0) is 15.3. The molecule has 1 aliphatic carbocycles. The molecule has 1 aromatic rings. The van der Waals surface area contributed by atoms with Gasteiger partial charge in [-0.1, -0.05) is 12.8 Å². The number of anilines is 2. The van der Waals surface area contributed by atoms with E-state index >= 15 is 0 Å². The van der Waals surface area contributed by atoms with Crippen molar-refractivity contribution in [3.8, 4) is 0 Å². The number of hydrogen-bond acceptors (Lipinski definition) is 6. The molecule has 0 unspecified atom stereocenters. The number of hydrogen-bond donors (Lipinski definition) is 3. The maximum atomic E-state index is 11.0. The van der Waals surface area contributed by atoms with E-state index in [0.29, 0.717) is 24.7 Å². The van der Waals surface area contributed by atoms with E-state index in [2.05, 4.69) is 15.6 Å². The normalized spacial score (nSPS) is 16.7. The molecule has 1 aliphatic rings. The number of nitro groups is 1. The summed E-state index contributed by atoms with van der Waals surface area (Å²) in [5.41, 5.74) is -0.113. The summed E-state index contributed by atoms with van der Waals surface area (Å²) in [7, 11) is 0. The van der Waals surface area contributed by atoms with Crippen molar-refractivity contribution in [2.24, 2.45) is 5.41 Å². The van der Waals surface area contributed by atoms with Crippen LogP contribution in [-0.2, 0) is 0 Å². The molecule has 1 heterocycles. The fourth-order valence-electron chi connectivity index (χ4n) is 2.78. The van der Waals surface area contributed by atoms with Crippen LogP contribution in [0.25, 0.3) is 0 Å². The Hall–Kier alpha value is -1.89. The topological polar surface area (TPSA) is 100 Å². The van der Waals surface area contributed by atoms with E-state index in [9.17, 15) is 15.2 Å². The molecular formula is C14H22N4O3. The van der Waals surface area contributed by atoms with Gasteiger partial charge in [0.2, 0.25) is 0 Å². The minimum atomic E-state index is -0.426. The average molecular weight is 294 g/mol. The first-order valence-corrected chi connectivity index (χ1v) is 7.34. The van der Waals surface area contributed by atoms with E-state index in [1.54, 1.807) is 0 Å². The van der Waals surface area contributed by atoms with Gasteiger partial charge in [0.05, 0.1) is 23.7 Å². The molecule has 0 atom stereocenters. The first-order chi connectivity index (χ1) is 10.1.